The molecular formula is C16H10F3N3O3. The summed E-state index contributed by atoms with van der Waals surface area (Å²) in [4.78, 5) is 31.6. The molecule has 0 aliphatic carbocycles. The number of nitrogen functional groups attached to an aromatic ring is 1. The number of hydroxylamine groups is 1. The predicted molar refractivity (Wildman–Crippen MR) is 82.6 cm³/mol. The highest BCUT2D eigenvalue weighted by Crippen LogP contribution is 2.37. The molecule has 128 valence electrons. The van der Waals surface area contributed by atoms with E-state index in [1.165, 1.54) is 24.4 Å². The molecule has 0 atom stereocenters. The van der Waals surface area contributed by atoms with Gasteiger partial charge in [0.2, 0.25) is 0 Å². The lowest BCUT2D eigenvalue weighted by molar-refractivity contribution is -0.201. The number of rotatable bonds is 2. The second-order valence-electron chi connectivity index (χ2n) is 5.08. The maximum Gasteiger partial charge on any atom is 0.493 e. The van der Waals surface area contributed by atoms with Crippen molar-refractivity contribution < 1.29 is 27.6 Å². The Morgan fingerprint density at radius 3 is 2.52 bits per heavy atom. The first-order valence-electron chi connectivity index (χ1n) is 6.93. The van der Waals surface area contributed by atoms with E-state index in [0.29, 0.717) is 11.3 Å². The predicted octanol–water partition coefficient (Wildman–Crippen LogP) is 2.57. The van der Waals surface area contributed by atoms with E-state index >= 15 is 0 Å². The van der Waals surface area contributed by atoms with Gasteiger partial charge in [0, 0.05) is 17.4 Å². The quantitative estimate of drug-likeness (QED) is 0.665. The van der Waals surface area contributed by atoms with Gasteiger partial charge in [-0.15, -0.1) is 5.06 Å². The third kappa shape index (κ3) is 3.16. The van der Waals surface area contributed by atoms with Crippen LogP contribution < -0.4 is 10.8 Å². The Balaban J connectivity index is 2.01. The summed E-state index contributed by atoms with van der Waals surface area (Å²) in [5, 5.41) is 0.244. The summed E-state index contributed by atoms with van der Waals surface area (Å²) in [5.41, 5.74) is 6.99. The zero-order chi connectivity index (χ0) is 18.2. The second-order valence-corrected chi connectivity index (χ2v) is 5.08. The fraction of sp³-hybridized carbons (Fsp3) is 0.0625. The van der Waals surface area contributed by atoms with Crippen LogP contribution in [-0.4, -0.2) is 23.0 Å². The molecular weight excluding hydrogens is 339 g/mol. The molecule has 0 radical (unpaired) electrons. The molecule has 3 rings (SSSR count). The molecule has 2 aromatic rings. The van der Waals surface area contributed by atoms with Gasteiger partial charge in [-0.05, 0) is 35.9 Å². The van der Waals surface area contributed by atoms with E-state index in [4.69, 9.17) is 5.73 Å². The zero-order valence-electron chi connectivity index (χ0n) is 12.4. The standard InChI is InChI=1S/C16H10F3N3O3/c17-16(18,19)15(24)25-22-13-11(2-1-7-21-13)12(14(22)23)8-9-3-5-10(20)6-4-9/h1-8H,20H2. The smallest absolute Gasteiger partial charge is 0.399 e. The van der Waals surface area contributed by atoms with E-state index in [2.05, 4.69) is 9.82 Å². The average Bonchev–Trinajstić information content (AvgIpc) is 2.82. The van der Waals surface area contributed by atoms with Gasteiger partial charge < -0.3 is 10.6 Å². The van der Waals surface area contributed by atoms with E-state index in [-0.39, 0.29) is 22.0 Å². The number of aromatic nitrogens is 1. The summed E-state index contributed by atoms with van der Waals surface area (Å²) < 4.78 is 37.3. The number of pyridine rings is 1. The highest BCUT2D eigenvalue weighted by Gasteiger charge is 2.46. The van der Waals surface area contributed by atoms with Crippen LogP contribution in [0.4, 0.5) is 24.7 Å². The molecule has 2 N–H and O–H groups in total. The fourth-order valence-corrected chi connectivity index (χ4v) is 2.21. The Morgan fingerprint density at radius 2 is 1.88 bits per heavy atom. The molecule has 0 bridgehead atoms. The van der Waals surface area contributed by atoms with Crippen molar-refractivity contribution in [3.8, 4) is 0 Å². The molecule has 1 aliphatic rings. The monoisotopic (exact) mass is 349 g/mol. The number of carbonyl (C=O) groups excluding carboxylic acids is 2. The van der Waals surface area contributed by atoms with Crippen molar-refractivity contribution in [3.63, 3.8) is 0 Å². The number of anilines is 2. The summed E-state index contributed by atoms with van der Waals surface area (Å²) in [7, 11) is 0. The third-order valence-electron chi connectivity index (χ3n) is 3.34. The van der Waals surface area contributed by atoms with Gasteiger partial charge in [0.25, 0.3) is 5.91 Å². The van der Waals surface area contributed by atoms with E-state index in [1.807, 2.05) is 0 Å². The second kappa shape index (κ2) is 5.93. The fourth-order valence-electron chi connectivity index (χ4n) is 2.21. The molecule has 0 spiro atoms. The molecule has 2 heterocycles. The minimum absolute atomic E-state index is 0.0443. The number of amides is 1. The van der Waals surface area contributed by atoms with Crippen LogP contribution in [0, 0.1) is 0 Å². The first-order valence-corrected chi connectivity index (χ1v) is 6.93. The number of nitrogens with zero attached hydrogens (tertiary/aromatic N) is 2. The SMILES string of the molecule is Nc1ccc(C=C2C(=O)N(OC(=O)C(F)(F)F)c3ncccc32)cc1. The Labute approximate surface area is 139 Å². The minimum atomic E-state index is -5.24. The van der Waals surface area contributed by atoms with Gasteiger partial charge in [0.1, 0.15) is 0 Å². The lowest BCUT2D eigenvalue weighted by atomic mass is 10.1. The molecule has 0 fully saturated rings. The normalized spacial score (nSPS) is 15.4. The number of hydrogen-bond acceptors (Lipinski definition) is 5. The van der Waals surface area contributed by atoms with Crippen LogP contribution in [0.25, 0.3) is 11.6 Å². The van der Waals surface area contributed by atoms with E-state index in [1.54, 1.807) is 24.3 Å². The lowest BCUT2D eigenvalue weighted by Gasteiger charge is -2.15. The highest BCUT2D eigenvalue weighted by molar-refractivity contribution is 6.34. The van der Waals surface area contributed by atoms with Crippen molar-refractivity contribution >= 4 is 35.0 Å². The Morgan fingerprint density at radius 1 is 1.20 bits per heavy atom. The molecule has 0 saturated heterocycles. The summed E-state index contributed by atoms with van der Waals surface area (Å²) in [6.45, 7) is 0. The number of nitrogens with two attached hydrogens (primary N) is 1. The van der Waals surface area contributed by atoms with Crippen LogP contribution in [-0.2, 0) is 14.4 Å². The van der Waals surface area contributed by atoms with Crippen LogP contribution in [0.3, 0.4) is 0 Å². The van der Waals surface area contributed by atoms with Gasteiger partial charge in [-0.2, -0.15) is 13.2 Å². The van der Waals surface area contributed by atoms with Crippen molar-refractivity contribution in [1.29, 1.82) is 0 Å². The van der Waals surface area contributed by atoms with Crippen molar-refractivity contribution in [3.05, 3.63) is 53.7 Å². The number of carbonyl (C=O) groups is 2. The van der Waals surface area contributed by atoms with Crippen LogP contribution >= 0.6 is 0 Å². The Bertz CT molecular complexity index is 876. The van der Waals surface area contributed by atoms with Gasteiger partial charge in [-0.25, -0.2) is 9.78 Å². The van der Waals surface area contributed by atoms with Crippen molar-refractivity contribution in [2.24, 2.45) is 0 Å². The zero-order valence-corrected chi connectivity index (χ0v) is 12.4. The van der Waals surface area contributed by atoms with Gasteiger partial charge in [-0.3, -0.25) is 4.79 Å². The largest absolute Gasteiger partial charge is 0.493 e. The number of alkyl halides is 3. The number of benzene rings is 1. The molecule has 0 unspecified atom stereocenters. The van der Waals surface area contributed by atoms with Crippen molar-refractivity contribution in [2.75, 3.05) is 10.8 Å². The number of halogens is 3. The molecule has 1 aliphatic heterocycles. The van der Waals surface area contributed by atoms with Crippen LogP contribution in [0.2, 0.25) is 0 Å². The molecule has 9 heteroatoms. The third-order valence-corrected chi connectivity index (χ3v) is 3.34. The van der Waals surface area contributed by atoms with Crippen LogP contribution in [0.5, 0.6) is 0 Å². The molecule has 1 aromatic heterocycles. The lowest BCUT2D eigenvalue weighted by Crippen LogP contribution is -2.36. The molecule has 0 saturated carbocycles. The summed E-state index contributed by atoms with van der Waals surface area (Å²) in [6, 6.07) is 9.49. The molecule has 1 aromatic carbocycles. The number of fused-ring (bicyclic) bond motifs is 1. The highest BCUT2D eigenvalue weighted by atomic mass is 19.4. The van der Waals surface area contributed by atoms with Gasteiger partial charge in [0.15, 0.2) is 5.82 Å². The molecule has 25 heavy (non-hydrogen) atoms. The van der Waals surface area contributed by atoms with Gasteiger partial charge in [-0.1, -0.05) is 12.1 Å². The maximum atomic E-state index is 12.4. The average molecular weight is 349 g/mol. The molecule has 1 amide bonds. The van der Waals surface area contributed by atoms with Gasteiger partial charge >= 0.3 is 12.1 Å². The Hall–Kier alpha value is -3.36. The van der Waals surface area contributed by atoms with Gasteiger partial charge in [0.05, 0.1) is 5.57 Å². The summed E-state index contributed by atoms with van der Waals surface area (Å²) >= 11 is 0. The van der Waals surface area contributed by atoms with Crippen LogP contribution in [0.15, 0.2) is 42.6 Å². The Kier molecular flexibility index (Phi) is 3.91. The minimum Gasteiger partial charge on any atom is -0.399 e. The topological polar surface area (TPSA) is 85.5 Å². The summed E-state index contributed by atoms with van der Waals surface area (Å²) in [6.07, 6.45) is -2.52. The van der Waals surface area contributed by atoms with Crippen molar-refractivity contribution in [2.45, 2.75) is 6.18 Å². The first-order chi connectivity index (χ1) is 11.8. The van der Waals surface area contributed by atoms with Crippen LogP contribution in [0.1, 0.15) is 11.1 Å². The van der Waals surface area contributed by atoms with Crippen molar-refractivity contribution in [1.82, 2.24) is 4.98 Å². The molecule has 6 nitrogen and oxygen atoms in total. The summed E-state index contributed by atoms with van der Waals surface area (Å²) in [5.74, 6) is -3.62. The first kappa shape index (κ1) is 16.5. The van der Waals surface area contributed by atoms with E-state index in [9.17, 15) is 22.8 Å². The van der Waals surface area contributed by atoms with E-state index < -0.39 is 18.1 Å². The number of hydrogen-bond donors (Lipinski definition) is 1. The maximum absolute atomic E-state index is 12.4. The van der Waals surface area contributed by atoms with E-state index in [0.717, 1.165) is 0 Å².